The fraction of sp³-hybridized carbons (Fsp3) is 0.308. The minimum Gasteiger partial charge on any atom is -0.485 e. The van der Waals surface area contributed by atoms with Gasteiger partial charge in [0.05, 0.1) is 18.1 Å². The molecule has 17 heavy (non-hydrogen) atoms. The average molecular weight is 251 g/mol. The largest absolute Gasteiger partial charge is 0.485 e. The van der Waals surface area contributed by atoms with Crippen LogP contribution in [-0.4, -0.2) is 15.4 Å². The quantitative estimate of drug-likeness (QED) is 0.813. The van der Waals surface area contributed by atoms with Crippen molar-refractivity contribution in [3.63, 3.8) is 0 Å². The van der Waals surface area contributed by atoms with E-state index in [1.165, 1.54) is 0 Å². The highest BCUT2D eigenvalue weighted by Crippen LogP contribution is 2.19. The zero-order chi connectivity index (χ0) is 12.5. The lowest BCUT2D eigenvalue weighted by atomic mass is 10.2. The first-order chi connectivity index (χ1) is 7.94. The van der Waals surface area contributed by atoms with Crippen molar-refractivity contribution in [2.24, 2.45) is 0 Å². The van der Waals surface area contributed by atoms with Gasteiger partial charge in [0.1, 0.15) is 5.60 Å². The van der Waals surface area contributed by atoms with Gasteiger partial charge < -0.3 is 4.74 Å². The van der Waals surface area contributed by atoms with E-state index >= 15 is 0 Å². The highest BCUT2D eigenvalue weighted by Gasteiger charge is 2.13. The van der Waals surface area contributed by atoms with Gasteiger partial charge in [0.2, 0.25) is 0 Å². The van der Waals surface area contributed by atoms with Crippen LogP contribution < -0.4 is 4.74 Å². The minimum atomic E-state index is -0.214. The van der Waals surface area contributed by atoms with Crippen LogP contribution in [0, 0.1) is 0 Å². The van der Waals surface area contributed by atoms with E-state index in [9.17, 15) is 0 Å². The molecule has 1 heterocycles. The van der Waals surface area contributed by atoms with Crippen molar-refractivity contribution in [3.05, 3.63) is 41.7 Å². The van der Waals surface area contributed by atoms with Crippen LogP contribution in [0.5, 0.6) is 5.75 Å². The van der Waals surface area contributed by atoms with Gasteiger partial charge in [0.15, 0.2) is 5.75 Å². The lowest BCUT2D eigenvalue weighted by molar-refractivity contribution is 0.131. The number of hydrogen-bond acceptors (Lipinski definition) is 2. The third-order valence-corrected chi connectivity index (χ3v) is 2.33. The third-order valence-electron chi connectivity index (χ3n) is 2.07. The predicted molar refractivity (Wildman–Crippen MR) is 69.0 cm³/mol. The van der Waals surface area contributed by atoms with Gasteiger partial charge in [-0.25, -0.2) is 4.68 Å². The number of halogens is 1. The second-order valence-corrected chi connectivity index (χ2v) is 5.25. The normalized spacial score (nSPS) is 11.5. The molecule has 0 fully saturated rings. The lowest BCUT2D eigenvalue weighted by Gasteiger charge is -2.19. The molecule has 0 saturated carbocycles. The van der Waals surface area contributed by atoms with Crippen LogP contribution in [0.2, 0.25) is 5.02 Å². The third kappa shape index (κ3) is 3.24. The summed E-state index contributed by atoms with van der Waals surface area (Å²) < 4.78 is 7.48. The molecule has 0 bridgehead atoms. The molecule has 0 spiro atoms. The zero-order valence-corrected chi connectivity index (χ0v) is 10.9. The Morgan fingerprint density at radius 1 is 1.18 bits per heavy atom. The second-order valence-electron chi connectivity index (χ2n) is 4.81. The number of aromatic nitrogens is 2. The Labute approximate surface area is 106 Å². The van der Waals surface area contributed by atoms with Crippen molar-refractivity contribution in [2.45, 2.75) is 26.4 Å². The van der Waals surface area contributed by atoms with E-state index < -0.39 is 0 Å². The Hall–Kier alpha value is -1.48. The van der Waals surface area contributed by atoms with Crippen LogP contribution in [0.25, 0.3) is 5.69 Å². The van der Waals surface area contributed by atoms with Crippen LogP contribution in [0.3, 0.4) is 0 Å². The van der Waals surface area contributed by atoms with Crippen molar-refractivity contribution in [2.75, 3.05) is 0 Å². The molecule has 3 nitrogen and oxygen atoms in total. The molecular formula is C13H15ClN2O. The van der Waals surface area contributed by atoms with Gasteiger partial charge in [-0.1, -0.05) is 11.6 Å². The Morgan fingerprint density at radius 3 is 2.41 bits per heavy atom. The summed E-state index contributed by atoms with van der Waals surface area (Å²) in [4.78, 5) is 0. The van der Waals surface area contributed by atoms with Crippen LogP contribution in [0.1, 0.15) is 20.8 Å². The van der Waals surface area contributed by atoms with E-state index in [-0.39, 0.29) is 5.60 Å². The highest BCUT2D eigenvalue weighted by molar-refractivity contribution is 6.30. The first kappa shape index (κ1) is 12.0. The minimum absolute atomic E-state index is 0.214. The molecule has 0 atom stereocenters. The van der Waals surface area contributed by atoms with Gasteiger partial charge >= 0.3 is 0 Å². The van der Waals surface area contributed by atoms with Gasteiger partial charge in [0, 0.05) is 5.02 Å². The first-order valence-electron chi connectivity index (χ1n) is 5.44. The fourth-order valence-electron chi connectivity index (χ4n) is 1.45. The summed E-state index contributed by atoms with van der Waals surface area (Å²) in [6.07, 6.45) is 3.56. The first-order valence-corrected chi connectivity index (χ1v) is 5.81. The van der Waals surface area contributed by atoms with E-state index in [0.717, 1.165) is 11.4 Å². The molecule has 2 aromatic rings. The molecule has 0 amide bonds. The Bertz CT molecular complexity index is 497. The summed E-state index contributed by atoms with van der Waals surface area (Å²) in [7, 11) is 0. The molecule has 2 rings (SSSR count). The van der Waals surface area contributed by atoms with Crippen LogP contribution in [-0.2, 0) is 0 Å². The summed E-state index contributed by atoms with van der Waals surface area (Å²) in [5.74, 6) is 0.757. The molecule has 0 unspecified atom stereocenters. The van der Waals surface area contributed by atoms with Gasteiger partial charge in [-0.2, -0.15) is 5.10 Å². The molecule has 0 saturated heterocycles. The number of benzene rings is 1. The number of hydrogen-bond donors (Lipinski definition) is 0. The van der Waals surface area contributed by atoms with E-state index in [2.05, 4.69) is 5.10 Å². The lowest BCUT2D eigenvalue weighted by Crippen LogP contribution is -2.22. The van der Waals surface area contributed by atoms with Gasteiger partial charge in [-0.3, -0.25) is 0 Å². The summed E-state index contributed by atoms with van der Waals surface area (Å²) in [5.41, 5.74) is 0.742. The SMILES string of the molecule is CC(C)(C)Oc1cnn(-c2ccc(Cl)cc2)c1. The van der Waals surface area contributed by atoms with Crippen molar-refractivity contribution < 1.29 is 4.74 Å². The van der Waals surface area contributed by atoms with Crippen LogP contribution in [0.4, 0.5) is 0 Å². The van der Waals surface area contributed by atoms with Gasteiger partial charge in [-0.05, 0) is 45.0 Å². The zero-order valence-electron chi connectivity index (χ0n) is 10.1. The van der Waals surface area contributed by atoms with Gasteiger partial charge in [0.25, 0.3) is 0 Å². The summed E-state index contributed by atoms with van der Waals surface area (Å²) in [6, 6.07) is 7.50. The molecule has 0 N–H and O–H groups in total. The summed E-state index contributed by atoms with van der Waals surface area (Å²) >= 11 is 5.84. The van der Waals surface area contributed by atoms with E-state index in [1.807, 2.05) is 51.2 Å². The highest BCUT2D eigenvalue weighted by atomic mass is 35.5. The fourth-order valence-corrected chi connectivity index (χ4v) is 1.57. The molecule has 0 aliphatic carbocycles. The predicted octanol–water partition coefficient (Wildman–Crippen LogP) is 3.70. The Kier molecular flexibility index (Phi) is 3.11. The van der Waals surface area contributed by atoms with Crippen molar-refractivity contribution in [3.8, 4) is 11.4 Å². The molecule has 1 aromatic heterocycles. The Morgan fingerprint density at radius 2 is 1.82 bits per heavy atom. The topological polar surface area (TPSA) is 27.1 Å². The molecule has 90 valence electrons. The monoisotopic (exact) mass is 250 g/mol. The van der Waals surface area contributed by atoms with E-state index in [1.54, 1.807) is 10.9 Å². The van der Waals surface area contributed by atoms with E-state index in [4.69, 9.17) is 16.3 Å². The van der Waals surface area contributed by atoms with Crippen molar-refractivity contribution in [1.29, 1.82) is 0 Å². The summed E-state index contributed by atoms with van der Waals surface area (Å²) in [6.45, 7) is 6.02. The molecular weight excluding hydrogens is 236 g/mol. The average Bonchev–Trinajstić information content (AvgIpc) is 2.64. The number of nitrogens with zero attached hydrogens (tertiary/aromatic N) is 2. The van der Waals surface area contributed by atoms with Crippen LogP contribution >= 0.6 is 11.6 Å². The smallest absolute Gasteiger partial charge is 0.158 e. The number of rotatable bonds is 2. The van der Waals surface area contributed by atoms with E-state index in [0.29, 0.717) is 5.02 Å². The summed E-state index contributed by atoms with van der Waals surface area (Å²) in [5, 5.41) is 4.96. The molecule has 1 aromatic carbocycles. The molecule has 4 heteroatoms. The maximum absolute atomic E-state index is 5.84. The standard InChI is InChI=1S/C13H15ClN2O/c1-13(2,3)17-12-8-15-16(9-12)11-6-4-10(14)5-7-11/h4-9H,1-3H3. The maximum Gasteiger partial charge on any atom is 0.158 e. The number of ether oxygens (including phenoxy) is 1. The van der Waals surface area contributed by atoms with Crippen molar-refractivity contribution in [1.82, 2.24) is 9.78 Å². The molecule has 0 aliphatic rings. The van der Waals surface area contributed by atoms with Crippen LogP contribution in [0.15, 0.2) is 36.7 Å². The molecule has 0 radical (unpaired) electrons. The Balaban J connectivity index is 2.21. The second kappa shape index (κ2) is 4.41. The van der Waals surface area contributed by atoms with Crippen molar-refractivity contribution >= 4 is 11.6 Å². The van der Waals surface area contributed by atoms with Gasteiger partial charge in [-0.15, -0.1) is 0 Å². The molecule has 0 aliphatic heterocycles. The maximum atomic E-state index is 5.84.